The quantitative estimate of drug-likeness (QED) is 0.848. The topological polar surface area (TPSA) is 71.1 Å². The van der Waals surface area contributed by atoms with Gasteiger partial charge in [-0.2, -0.15) is 0 Å². The summed E-state index contributed by atoms with van der Waals surface area (Å²) in [6.45, 7) is 5.33. The van der Waals surface area contributed by atoms with Crippen LogP contribution in [0.4, 0.5) is 15.6 Å². The number of ketones is 1. The van der Waals surface area contributed by atoms with Crippen molar-refractivity contribution in [3.05, 3.63) is 40.4 Å². The molecule has 0 atom stereocenters. The molecule has 2 amide bonds. The van der Waals surface area contributed by atoms with E-state index in [0.29, 0.717) is 16.4 Å². The third-order valence-electron chi connectivity index (χ3n) is 2.78. The molecule has 2 rings (SSSR count). The Morgan fingerprint density at radius 3 is 2.55 bits per heavy atom. The number of carbonyl (C=O) groups is 2. The molecule has 2 N–H and O–H groups in total. The Morgan fingerprint density at radius 1 is 1.20 bits per heavy atom. The molecular weight excluding hydrogens is 274 g/mol. The fourth-order valence-electron chi connectivity index (χ4n) is 1.60. The van der Waals surface area contributed by atoms with Crippen LogP contribution in [0.2, 0.25) is 0 Å². The molecule has 104 valence electrons. The lowest BCUT2D eigenvalue weighted by atomic mass is 10.1. The summed E-state index contributed by atoms with van der Waals surface area (Å²) in [5, 5.41) is 5.91. The van der Waals surface area contributed by atoms with Gasteiger partial charge < -0.3 is 5.32 Å². The lowest BCUT2D eigenvalue weighted by Crippen LogP contribution is -2.19. The van der Waals surface area contributed by atoms with Crippen molar-refractivity contribution in [3.8, 4) is 0 Å². The molecule has 6 heteroatoms. The van der Waals surface area contributed by atoms with Gasteiger partial charge >= 0.3 is 6.03 Å². The second-order valence-corrected chi connectivity index (χ2v) is 5.58. The molecule has 5 nitrogen and oxygen atoms in total. The molecule has 0 spiro atoms. The third kappa shape index (κ3) is 3.42. The Kier molecular flexibility index (Phi) is 4.14. The summed E-state index contributed by atoms with van der Waals surface area (Å²) < 4.78 is 0. The van der Waals surface area contributed by atoms with Crippen LogP contribution in [0.25, 0.3) is 0 Å². The summed E-state index contributed by atoms with van der Waals surface area (Å²) in [6, 6.07) is 6.42. The summed E-state index contributed by atoms with van der Waals surface area (Å²) in [6.07, 6.45) is 0. The van der Waals surface area contributed by atoms with Crippen LogP contribution in [0.1, 0.15) is 27.9 Å². The first kappa shape index (κ1) is 14.2. The van der Waals surface area contributed by atoms with Crippen molar-refractivity contribution in [2.45, 2.75) is 20.8 Å². The van der Waals surface area contributed by atoms with E-state index in [1.807, 2.05) is 13.8 Å². The zero-order valence-electron chi connectivity index (χ0n) is 11.5. The van der Waals surface area contributed by atoms with Gasteiger partial charge in [0.1, 0.15) is 0 Å². The van der Waals surface area contributed by atoms with Crippen molar-refractivity contribution in [1.82, 2.24) is 4.98 Å². The van der Waals surface area contributed by atoms with E-state index < -0.39 is 0 Å². The van der Waals surface area contributed by atoms with Crippen molar-refractivity contribution in [2.75, 3.05) is 10.6 Å². The predicted octanol–water partition coefficient (Wildman–Crippen LogP) is 3.61. The minimum Gasteiger partial charge on any atom is -0.308 e. The van der Waals surface area contributed by atoms with Gasteiger partial charge in [-0.05, 0) is 32.9 Å². The van der Waals surface area contributed by atoms with Gasteiger partial charge in [0.2, 0.25) is 0 Å². The van der Waals surface area contributed by atoms with E-state index in [2.05, 4.69) is 15.6 Å². The second-order valence-electron chi connectivity index (χ2n) is 4.38. The molecule has 20 heavy (non-hydrogen) atoms. The lowest BCUT2D eigenvalue weighted by Gasteiger charge is -2.06. The van der Waals surface area contributed by atoms with Crippen LogP contribution in [0.15, 0.2) is 24.3 Å². The zero-order chi connectivity index (χ0) is 14.7. The Morgan fingerprint density at radius 2 is 1.95 bits per heavy atom. The highest BCUT2D eigenvalue weighted by Crippen LogP contribution is 2.21. The number of hydrogen-bond donors (Lipinski definition) is 2. The first-order valence-electron chi connectivity index (χ1n) is 6.09. The van der Waals surface area contributed by atoms with Crippen molar-refractivity contribution >= 4 is 34.0 Å². The molecule has 1 heterocycles. The summed E-state index contributed by atoms with van der Waals surface area (Å²) >= 11 is 1.42. The van der Waals surface area contributed by atoms with Crippen molar-refractivity contribution in [1.29, 1.82) is 0 Å². The van der Waals surface area contributed by atoms with E-state index in [4.69, 9.17) is 0 Å². The number of aromatic nitrogens is 1. The van der Waals surface area contributed by atoms with E-state index in [0.717, 1.165) is 10.6 Å². The molecule has 0 saturated heterocycles. The Bertz CT molecular complexity index is 645. The first-order valence-corrected chi connectivity index (χ1v) is 6.90. The van der Waals surface area contributed by atoms with Crippen molar-refractivity contribution in [3.63, 3.8) is 0 Å². The highest BCUT2D eigenvalue weighted by molar-refractivity contribution is 7.15. The molecule has 0 aliphatic heterocycles. The smallest absolute Gasteiger partial charge is 0.308 e. The summed E-state index contributed by atoms with van der Waals surface area (Å²) in [5.41, 5.74) is 2.04. The number of amides is 2. The maximum Gasteiger partial charge on any atom is 0.325 e. The van der Waals surface area contributed by atoms with Crippen molar-refractivity contribution < 1.29 is 9.59 Å². The lowest BCUT2D eigenvalue weighted by molar-refractivity contribution is 0.101. The maximum absolute atomic E-state index is 11.8. The largest absolute Gasteiger partial charge is 0.325 e. The fraction of sp³-hybridized carbons (Fsp3) is 0.214. The van der Waals surface area contributed by atoms with Gasteiger partial charge in [-0.1, -0.05) is 12.1 Å². The van der Waals surface area contributed by atoms with Crippen LogP contribution in [0, 0.1) is 13.8 Å². The molecule has 0 saturated carbocycles. The number of aryl methyl sites for hydroxylation is 2. The van der Waals surface area contributed by atoms with Gasteiger partial charge in [0.05, 0.1) is 5.69 Å². The number of Topliss-reactive ketones (excluding diaryl/α,β-unsaturated/α-hetero) is 1. The van der Waals surface area contributed by atoms with Crippen LogP contribution < -0.4 is 10.6 Å². The second kappa shape index (κ2) is 5.83. The van der Waals surface area contributed by atoms with Crippen LogP contribution in [0.3, 0.4) is 0 Å². The summed E-state index contributed by atoms with van der Waals surface area (Å²) in [4.78, 5) is 28.4. The summed E-state index contributed by atoms with van der Waals surface area (Å²) in [5.74, 6) is -0.0415. The van der Waals surface area contributed by atoms with E-state index >= 15 is 0 Å². The third-order valence-corrected chi connectivity index (χ3v) is 3.76. The van der Waals surface area contributed by atoms with Gasteiger partial charge in [0.15, 0.2) is 10.9 Å². The minimum atomic E-state index is -0.376. The molecule has 2 aromatic rings. The standard InChI is InChI=1S/C14H15N3O2S/c1-8-10(3)20-14(15-8)17-13(19)16-12-6-4-5-11(7-12)9(2)18/h4-7H,1-3H3,(H2,15,16,17,19). The molecule has 0 unspecified atom stereocenters. The highest BCUT2D eigenvalue weighted by Gasteiger charge is 2.08. The van der Waals surface area contributed by atoms with E-state index in [1.165, 1.54) is 18.3 Å². The number of nitrogens with one attached hydrogen (secondary N) is 2. The van der Waals surface area contributed by atoms with Gasteiger partial charge in [-0.15, -0.1) is 11.3 Å². The normalized spacial score (nSPS) is 10.2. The van der Waals surface area contributed by atoms with Gasteiger partial charge in [-0.25, -0.2) is 9.78 Å². The van der Waals surface area contributed by atoms with E-state index in [9.17, 15) is 9.59 Å². The molecular formula is C14H15N3O2S. The molecule has 0 radical (unpaired) electrons. The highest BCUT2D eigenvalue weighted by atomic mass is 32.1. The first-order chi connectivity index (χ1) is 9.45. The Hall–Kier alpha value is -2.21. The number of thiazole rings is 1. The molecule has 0 aliphatic carbocycles. The van der Waals surface area contributed by atoms with Gasteiger partial charge in [0, 0.05) is 16.1 Å². The van der Waals surface area contributed by atoms with E-state index in [-0.39, 0.29) is 11.8 Å². The fourth-order valence-corrected chi connectivity index (χ4v) is 2.41. The molecule has 0 bridgehead atoms. The average molecular weight is 289 g/mol. The number of benzene rings is 1. The predicted molar refractivity (Wildman–Crippen MR) is 80.7 cm³/mol. The summed E-state index contributed by atoms with van der Waals surface area (Å²) in [7, 11) is 0. The number of rotatable bonds is 3. The number of hydrogen-bond acceptors (Lipinski definition) is 4. The number of urea groups is 1. The van der Waals surface area contributed by atoms with Crippen LogP contribution in [-0.4, -0.2) is 16.8 Å². The number of anilines is 2. The number of nitrogens with zero attached hydrogens (tertiary/aromatic N) is 1. The SMILES string of the molecule is CC(=O)c1cccc(NC(=O)Nc2nc(C)c(C)s2)c1. The average Bonchev–Trinajstić information content (AvgIpc) is 2.68. The van der Waals surface area contributed by atoms with Gasteiger partial charge in [-0.3, -0.25) is 10.1 Å². The molecule has 1 aromatic carbocycles. The monoisotopic (exact) mass is 289 g/mol. The van der Waals surface area contributed by atoms with Crippen LogP contribution in [0.5, 0.6) is 0 Å². The van der Waals surface area contributed by atoms with Crippen molar-refractivity contribution in [2.24, 2.45) is 0 Å². The molecule has 0 fully saturated rings. The number of carbonyl (C=O) groups excluding carboxylic acids is 2. The van der Waals surface area contributed by atoms with Gasteiger partial charge in [0.25, 0.3) is 0 Å². The Labute approximate surface area is 121 Å². The Balaban J connectivity index is 2.04. The maximum atomic E-state index is 11.8. The molecule has 1 aromatic heterocycles. The zero-order valence-corrected chi connectivity index (χ0v) is 12.3. The van der Waals surface area contributed by atoms with E-state index in [1.54, 1.807) is 24.3 Å². The minimum absolute atomic E-state index is 0.0415. The molecule has 0 aliphatic rings. The van der Waals surface area contributed by atoms with Crippen LogP contribution >= 0.6 is 11.3 Å². The van der Waals surface area contributed by atoms with Crippen LogP contribution in [-0.2, 0) is 0 Å².